The van der Waals surface area contributed by atoms with Crippen LogP contribution in [-0.4, -0.2) is 34.5 Å². The number of hydrogen-bond acceptors (Lipinski definition) is 2. The van der Waals surface area contributed by atoms with Crippen LogP contribution in [0.15, 0.2) is 22.7 Å². The Bertz CT molecular complexity index is 545. The lowest BCUT2D eigenvalue weighted by molar-refractivity contribution is -0.141. The Labute approximate surface area is 124 Å². The van der Waals surface area contributed by atoms with Gasteiger partial charge in [0, 0.05) is 18.2 Å². The van der Waals surface area contributed by atoms with Crippen molar-refractivity contribution in [1.29, 1.82) is 0 Å². The van der Waals surface area contributed by atoms with Crippen molar-refractivity contribution in [1.82, 2.24) is 4.90 Å². The molecular formula is C14H15BrFNO3. The average molecular weight is 344 g/mol. The first kappa shape index (κ1) is 15.0. The van der Waals surface area contributed by atoms with Gasteiger partial charge in [-0.05, 0) is 47.0 Å². The molecule has 1 aromatic rings. The van der Waals surface area contributed by atoms with Crippen molar-refractivity contribution < 1.29 is 19.1 Å². The molecule has 0 aromatic heterocycles. The number of benzene rings is 1. The second-order valence-electron chi connectivity index (χ2n) is 5.06. The Hall–Kier alpha value is -1.43. The Morgan fingerprint density at radius 3 is 2.65 bits per heavy atom. The quantitative estimate of drug-likeness (QED) is 0.894. The second kappa shape index (κ2) is 5.91. The molecule has 1 N–H and O–H groups in total. The maximum absolute atomic E-state index is 13.5. The molecule has 2 rings (SSSR count). The van der Waals surface area contributed by atoms with Gasteiger partial charge in [0.05, 0.1) is 10.4 Å². The first-order valence-corrected chi connectivity index (χ1v) is 7.18. The van der Waals surface area contributed by atoms with Crippen LogP contribution in [0.3, 0.4) is 0 Å². The van der Waals surface area contributed by atoms with Crippen molar-refractivity contribution in [3.8, 4) is 0 Å². The van der Waals surface area contributed by atoms with Crippen LogP contribution in [0.4, 0.5) is 4.39 Å². The smallest absolute Gasteiger partial charge is 0.308 e. The molecule has 1 saturated carbocycles. The lowest BCUT2D eigenvalue weighted by Crippen LogP contribution is -2.38. The van der Waals surface area contributed by atoms with E-state index in [-0.39, 0.29) is 24.1 Å². The highest BCUT2D eigenvalue weighted by atomic mass is 79.9. The molecule has 1 aliphatic carbocycles. The predicted octanol–water partition coefficient (Wildman–Crippen LogP) is 2.91. The molecule has 0 heterocycles. The Morgan fingerprint density at radius 1 is 1.50 bits per heavy atom. The molecule has 1 aromatic carbocycles. The average Bonchev–Trinajstić information content (AvgIpc) is 3.22. The van der Waals surface area contributed by atoms with E-state index < -0.39 is 17.7 Å². The number of hydrogen-bond donors (Lipinski definition) is 1. The standard InChI is InChI=1S/C14H15BrFNO3/c1-8(14(19)20)7-17(10-3-4-10)13(18)9-2-5-11(15)12(16)6-9/h2,5-6,8,10H,3-4,7H2,1H3,(H,19,20). The maximum atomic E-state index is 13.5. The van der Waals surface area contributed by atoms with Crippen LogP contribution in [0.5, 0.6) is 0 Å². The first-order chi connectivity index (χ1) is 9.40. The molecule has 1 atom stereocenters. The van der Waals surface area contributed by atoms with E-state index in [4.69, 9.17) is 5.11 Å². The Morgan fingerprint density at radius 2 is 2.15 bits per heavy atom. The van der Waals surface area contributed by atoms with E-state index in [2.05, 4.69) is 15.9 Å². The zero-order chi connectivity index (χ0) is 14.9. The number of carboxylic acids is 1. The Balaban J connectivity index is 2.18. The molecule has 20 heavy (non-hydrogen) atoms. The summed E-state index contributed by atoms with van der Waals surface area (Å²) in [5.74, 6) is -2.39. The molecule has 4 nitrogen and oxygen atoms in total. The normalized spacial score (nSPS) is 15.8. The van der Waals surface area contributed by atoms with Crippen LogP contribution in [0.1, 0.15) is 30.1 Å². The highest BCUT2D eigenvalue weighted by Gasteiger charge is 2.35. The number of amides is 1. The van der Waals surface area contributed by atoms with Gasteiger partial charge in [-0.15, -0.1) is 0 Å². The van der Waals surface area contributed by atoms with Crippen molar-refractivity contribution in [2.45, 2.75) is 25.8 Å². The molecule has 6 heteroatoms. The molecule has 0 spiro atoms. The number of aliphatic carboxylic acids is 1. The molecule has 0 bridgehead atoms. The first-order valence-electron chi connectivity index (χ1n) is 6.39. The van der Waals surface area contributed by atoms with Gasteiger partial charge in [0.15, 0.2) is 0 Å². The van der Waals surface area contributed by atoms with Gasteiger partial charge >= 0.3 is 5.97 Å². The molecular weight excluding hydrogens is 329 g/mol. The zero-order valence-electron chi connectivity index (χ0n) is 11.0. The number of rotatable bonds is 5. The van der Waals surface area contributed by atoms with Crippen molar-refractivity contribution >= 4 is 27.8 Å². The van der Waals surface area contributed by atoms with Crippen molar-refractivity contribution in [2.75, 3.05) is 6.54 Å². The van der Waals surface area contributed by atoms with Crippen LogP contribution in [0.25, 0.3) is 0 Å². The minimum absolute atomic E-state index is 0.0796. The molecule has 1 aliphatic rings. The van der Waals surface area contributed by atoms with Gasteiger partial charge in [0.25, 0.3) is 5.91 Å². The van der Waals surface area contributed by atoms with E-state index in [0.717, 1.165) is 12.8 Å². The molecule has 0 aliphatic heterocycles. The molecule has 1 amide bonds. The summed E-state index contributed by atoms with van der Waals surface area (Å²) in [6, 6.07) is 4.27. The van der Waals surface area contributed by atoms with Gasteiger partial charge in [-0.1, -0.05) is 6.92 Å². The van der Waals surface area contributed by atoms with E-state index in [0.29, 0.717) is 4.47 Å². The topological polar surface area (TPSA) is 57.6 Å². The van der Waals surface area contributed by atoms with Crippen LogP contribution < -0.4 is 0 Å². The van der Waals surface area contributed by atoms with E-state index in [1.807, 2.05) is 0 Å². The van der Waals surface area contributed by atoms with Gasteiger partial charge in [-0.3, -0.25) is 9.59 Å². The fraction of sp³-hybridized carbons (Fsp3) is 0.429. The van der Waals surface area contributed by atoms with Gasteiger partial charge < -0.3 is 10.0 Å². The summed E-state index contributed by atoms with van der Waals surface area (Å²) in [4.78, 5) is 24.9. The monoisotopic (exact) mass is 343 g/mol. The van der Waals surface area contributed by atoms with Crippen LogP contribution in [-0.2, 0) is 4.79 Å². The SMILES string of the molecule is CC(CN(C(=O)c1ccc(Br)c(F)c1)C1CC1)C(=O)O. The molecule has 1 fully saturated rings. The maximum Gasteiger partial charge on any atom is 0.308 e. The fourth-order valence-electron chi connectivity index (χ4n) is 1.95. The van der Waals surface area contributed by atoms with E-state index in [1.54, 1.807) is 11.8 Å². The van der Waals surface area contributed by atoms with Crippen molar-refractivity contribution in [2.24, 2.45) is 5.92 Å². The van der Waals surface area contributed by atoms with Crippen molar-refractivity contribution in [3.05, 3.63) is 34.1 Å². The summed E-state index contributed by atoms with van der Waals surface area (Å²) in [6.07, 6.45) is 1.74. The lowest BCUT2D eigenvalue weighted by atomic mass is 10.1. The minimum Gasteiger partial charge on any atom is -0.481 e. The number of carbonyl (C=O) groups excluding carboxylic acids is 1. The fourth-order valence-corrected chi connectivity index (χ4v) is 2.20. The number of nitrogens with zero attached hydrogens (tertiary/aromatic N) is 1. The number of carboxylic acid groups (broad SMARTS) is 1. The largest absolute Gasteiger partial charge is 0.481 e. The summed E-state index contributed by atoms with van der Waals surface area (Å²) >= 11 is 3.04. The third-order valence-electron chi connectivity index (χ3n) is 3.31. The van der Waals surface area contributed by atoms with Crippen LogP contribution >= 0.6 is 15.9 Å². The molecule has 108 valence electrons. The summed E-state index contributed by atoms with van der Waals surface area (Å²) < 4.78 is 13.8. The van der Waals surface area contributed by atoms with E-state index in [9.17, 15) is 14.0 Å². The van der Waals surface area contributed by atoms with Crippen LogP contribution in [0.2, 0.25) is 0 Å². The summed E-state index contributed by atoms with van der Waals surface area (Å²) in [6.45, 7) is 1.71. The van der Waals surface area contributed by atoms with Crippen LogP contribution in [0, 0.1) is 11.7 Å². The van der Waals surface area contributed by atoms with Gasteiger partial charge in [0.1, 0.15) is 5.82 Å². The Kier molecular flexibility index (Phi) is 4.42. The third kappa shape index (κ3) is 3.36. The van der Waals surface area contributed by atoms with Gasteiger partial charge in [0.2, 0.25) is 0 Å². The minimum atomic E-state index is -0.939. The van der Waals surface area contributed by atoms with E-state index >= 15 is 0 Å². The second-order valence-corrected chi connectivity index (χ2v) is 5.91. The highest BCUT2D eigenvalue weighted by Crippen LogP contribution is 2.29. The molecule has 0 saturated heterocycles. The van der Waals surface area contributed by atoms with Gasteiger partial charge in [-0.2, -0.15) is 0 Å². The predicted molar refractivity (Wildman–Crippen MR) is 75.0 cm³/mol. The molecule has 1 unspecified atom stereocenters. The lowest BCUT2D eigenvalue weighted by Gasteiger charge is -2.24. The molecule has 0 radical (unpaired) electrons. The van der Waals surface area contributed by atoms with E-state index in [1.165, 1.54) is 18.2 Å². The summed E-state index contributed by atoms with van der Waals surface area (Å²) in [5, 5.41) is 8.96. The summed E-state index contributed by atoms with van der Waals surface area (Å²) in [5.41, 5.74) is 0.246. The number of carbonyl (C=O) groups is 2. The summed E-state index contributed by atoms with van der Waals surface area (Å²) in [7, 11) is 0. The zero-order valence-corrected chi connectivity index (χ0v) is 12.6. The van der Waals surface area contributed by atoms with Crippen molar-refractivity contribution in [3.63, 3.8) is 0 Å². The van der Waals surface area contributed by atoms with Gasteiger partial charge in [-0.25, -0.2) is 4.39 Å². The number of halogens is 2. The third-order valence-corrected chi connectivity index (χ3v) is 3.95. The highest BCUT2D eigenvalue weighted by molar-refractivity contribution is 9.10.